The van der Waals surface area contributed by atoms with Crippen molar-refractivity contribution >= 4 is 0 Å². The first-order chi connectivity index (χ1) is 4.93. The van der Waals surface area contributed by atoms with Gasteiger partial charge < -0.3 is 0 Å². The SMILES string of the molecule is N#CCCc1cncnc1. The van der Waals surface area contributed by atoms with E-state index in [0.717, 1.165) is 12.0 Å². The Balaban J connectivity index is 2.52. The number of rotatable bonds is 2. The Hall–Kier alpha value is -1.43. The van der Waals surface area contributed by atoms with Gasteiger partial charge in [-0.25, -0.2) is 9.97 Å². The Kier molecular flexibility index (Phi) is 2.39. The summed E-state index contributed by atoms with van der Waals surface area (Å²) in [5, 5.41) is 8.24. The van der Waals surface area contributed by atoms with E-state index in [-0.39, 0.29) is 0 Å². The normalized spacial score (nSPS) is 8.70. The molecule has 0 aliphatic carbocycles. The van der Waals surface area contributed by atoms with Gasteiger partial charge in [-0.15, -0.1) is 0 Å². The van der Waals surface area contributed by atoms with Gasteiger partial charge in [-0.05, 0) is 12.0 Å². The van der Waals surface area contributed by atoms with Gasteiger partial charge in [0.05, 0.1) is 6.07 Å². The van der Waals surface area contributed by atoms with Crippen LogP contribution in [0.2, 0.25) is 0 Å². The van der Waals surface area contributed by atoms with Gasteiger partial charge in [0, 0.05) is 18.8 Å². The van der Waals surface area contributed by atoms with Gasteiger partial charge in [0.2, 0.25) is 0 Å². The maximum absolute atomic E-state index is 8.24. The molecule has 0 radical (unpaired) electrons. The minimum absolute atomic E-state index is 0.535. The van der Waals surface area contributed by atoms with Crippen LogP contribution in [0, 0.1) is 11.3 Å². The fourth-order valence-corrected chi connectivity index (χ4v) is 0.659. The van der Waals surface area contributed by atoms with Gasteiger partial charge >= 0.3 is 0 Å². The van der Waals surface area contributed by atoms with Gasteiger partial charge in [-0.1, -0.05) is 0 Å². The van der Waals surface area contributed by atoms with Gasteiger partial charge in [0.25, 0.3) is 0 Å². The quantitative estimate of drug-likeness (QED) is 0.603. The highest BCUT2D eigenvalue weighted by molar-refractivity contribution is 5.03. The molecule has 0 bridgehead atoms. The lowest BCUT2D eigenvalue weighted by atomic mass is 10.2. The van der Waals surface area contributed by atoms with E-state index in [4.69, 9.17) is 5.26 Å². The summed E-state index contributed by atoms with van der Waals surface area (Å²) in [6, 6.07) is 2.06. The van der Waals surface area contributed by atoms with Crippen LogP contribution in [0.5, 0.6) is 0 Å². The van der Waals surface area contributed by atoms with E-state index in [1.54, 1.807) is 12.4 Å². The van der Waals surface area contributed by atoms with Crippen LogP contribution in [0.3, 0.4) is 0 Å². The molecule has 0 amide bonds. The smallest absolute Gasteiger partial charge is 0.115 e. The highest BCUT2D eigenvalue weighted by Gasteiger charge is 1.89. The maximum atomic E-state index is 8.24. The monoisotopic (exact) mass is 133 g/mol. The highest BCUT2D eigenvalue weighted by Crippen LogP contribution is 1.96. The van der Waals surface area contributed by atoms with Gasteiger partial charge in [0.15, 0.2) is 0 Å². The van der Waals surface area contributed by atoms with E-state index in [9.17, 15) is 0 Å². The molecule has 1 aromatic rings. The molecule has 10 heavy (non-hydrogen) atoms. The summed E-state index contributed by atoms with van der Waals surface area (Å²) in [7, 11) is 0. The minimum Gasteiger partial charge on any atom is -0.245 e. The molecule has 0 fully saturated rings. The Bertz CT molecular complexity index is 224. The van der Waals surface area contributed by atoms with Crippen LogP contribution >= 0.6 is 0 Å². The second-order valence-electron chi connectivity index (χ2n) is 1.90. The lowest BCUT2D eigenvalue weighted by molar-refractivity contribution is 0.971. The van der Waals surface area contributed by atoms with E-state index >= 15 is 0 Å². The zero-order chi connectivity index (χ0) is 7.23. The van der Waals surface area contributed by atoms with Crippen LogP contribution in [0.1, 0.15) is 12.0 Å². The van der Waals surface area contributed by atoms with Crippen molar-refractivity contribution in [1.29, 1.82) is 5.26 Å². The van der Waals surface area contributed by atoms with E-state index < -0.39 is 0 Å². The second kappa shape index (κ2) is 3.57. The molecule has 0 aliphatic heterocycles. The molecule has 0 saturated heterocycles. The molecule has 0 atom stereocenters. The third kappa shape index (κ3) is 1.82. The van der Waals surface area contributed by atoms with Crippen molar-refractivity contribution in [2.45, 2.75) is 12.8 Å². The molecule has 0 saturated carbocycles. The summed E-state index contributed by atoms with van der Waals surface area (Å²) in [6.45, 7) is 0. The van der Waals surface area contributed by atoms with Crippen molar-refractivity contribution in [3.05, 3.63) is 24.3 Å². The van der Waals surface area contributed by atoms with E-state index in [1.807, 2.05) is 0 Å². The molecule has 1 rings (SSSR count). The number of hydrogen-bond acceptors (Lipinski definition) is 3. The first-order valence-corrected chi connectivity index (χ1v) is 3.04. The standard InChI is InChI=1S/C7H7N3/c8-3-1-2-7-4-9-6-10-5-7/h4-6H,1-2H2. The third-order valence-electron chi connectivity index (χ3n) is 1.14. The van der Waals surface area contributed by atoms with Crippen molar-refractivity contribution in [3.63, 3.8) is 0 Å². The number of aryl methyl sites for hydroxylation is 1. The Morgan fingerprint density at radius 2 is 2.10 bits per heavy atom. The first-order valence-electron chi connectivity index (χ1n) is 3.04. The van der Waals surface area contributed by atoms with Gasteiger partial charge in [0.1, 0.15) is 6.33 Å². The molecule has 50 valence electrons. The predicted octanol–water partition coefficient (Wildman–Crippen LogP) is 0.933. The van der Waals surface area contributed by atoms with Gasteiger partial charge in [-0.2, -0.15) is 5.26 Å². The van der Waals surface area contributed by atoms with Crippen molar-refractivity contribution in [2.24, 2.45) is 0 Å². The highest BCUT2D eigenvalue weighted by atomic mass is 14.8. The van der Waals surface area contributed by atoms with Crippen LogP contribution < -0.4 is 0 Å². The van der Waals surface area contributed by atoms with Crippen molar-refractivity contribution in [1.82, 2.24) is 9.97 Å². The maximum Gasteiger partial charge on any atom is 0.115 e. The first kappa shape index (κ1) is 6.69. The van der Waals surface area contributed by atoms with Crippen molar-refractivity contribution in [3.8, 4) is 6.07 Å². The number of nitrogens with zero attached hydrogens (tertiary/aromatic N) is 3. The largest absolute Gasteiger partial charge is 0.245 e. The fraction of sp³-hybridized carbons (Fsp3) is 0.286. The molecule has 3 nitrogen and oxygen atoms in total. The molecule has 1 heterocycles. The molecule has 1 aromatic heterocycles. The molecule has 3 heteroatoms. The van der Waals surface area contributed by atoms with Crippen LogP contribution in [0.4, 0.5) is 0 Å². The Labute approximate surface area is 59.4 Å². The zero-order valence-electron chi connectivity index (χ0n) is 5.49. The van der Waals surface area contributed by atoms with E-state index in [1.165, 1.54) is 6.33 Å². The summed E-state index contributed by atoms with van der Waals surface area (Å²) in [5.74, 6) is 0. The number of aromatic nitrogens is 2. The third-order valence-corrected chi connectivity index (χ3v) is 1.14. The summed E-state index contributed by atoms with van der Waals surface area (Å²) >= 11 is 0. The van der Waals surface area contributed by atoms with Crippen molar-refractivity contribution < 1.29 is 0 Å². The molecule has 0 spiro atoms. The molecule has 0 N–H and O–H groups in total. The molecule has 0 unspecified atom stereocenters. The van der Waals surface area contributed by atoms with Crippen LogP contribution in [-0.2, 0) is 6.42 Å². The van der Waals surface area contributed by atoms with Crippen LogP contribution in [0.15, 0.2) is 18.7 Å². The zero-order valence-corrected chi connectivity index (χ0v) is 5.49. The Morgan fingerprint density at radius 1 is 1.40 bits per heavy atom. The van der Waals surface area contributed by atoms with E-state index in [0.29, 0.717) is 6.42 Å². The summed E-state index contributed by atoms with van der Waals surface area (Å²) < 4.78 is 0. The molecule has 0 aliphatic rings. The minimum atomic E-state index is 0.535. The Morgan fingerprint density at radius 3 is 2.70 bits per heavy atom. The van der Waals surface area contributed by atoms with Crippen molar-refractivity contribution in [2.75, 3.05) is 0 Å². The lowest BCUT2D eigenvalue weighted by Gasteiger charge is -1.91. The van der Waals surface area contributed by atoms with Crippen LogP contribution in [0.25, 0.3) is 0 Å². The average Bonchev–Trinajstić information content (AvgIpc) is 2.03. The topological polar surface area (TPSA) is 49.6 Å². The van der Waals surface area contributed by atoms with Crippen LogP contribution in [-0.4, -0.2) is 9.97 Å². The number of nitriles is 1. The molecule has 0 aromatic carbocycles. The fourth-order valence-electron chi connectivity index (χ4n) is 0.659. The summed E-state index contributed by atoms with van der Waals surface area (Å²) in [6.07, 6.45) is 6.22. The van der Waals surface area contributed by atoms with Gasteiger partial charge in [-0.3, -0.25) is 0 Å². The molecular weight excluding hydrogens is 126 g/mol. The lowest BCUT2D eigenvalue weighted by Crippen LogP contribution is -1.85. The second-order valence-corrected chi connectivity index (χ2v) is 1.90. The number of hydrogen-bond donors (Lipinski definition) is 0. The summed E-state index contributed by atoms with van der Waals surface area (Å²) in [4.78, 5) is 7.63. The summed E-state index contributed by atoms with van der Waals surface area (Å²) in [5.41, 5.74) is 1.02. The predicted molar refractivity (Wildman–Crippen MR) is 36.0 cm³/mol. The molecular formula is C7H7N3. The van der Waals surface area contributed by atoms with E-state index in [2.05, 4.69) is 16.0 Å². The average molecular weight is 133 g/mol.